The largest absolute Gasteiger partial charge is 0.337 e. The first-order valence-corrected chi connectivity index (χ1v) is 6.52. The van der Waals surface area contributed by atoms with Gasteiger partial charge < -0.3 is 4.90 Å². The maximum Gasteiger partial charge on any atom is 0.274 e. The molecule has 2 aromatic rings. The number of amides is 1. The molecule has 6 heteroatoms. The Hall–Kier alpha value is -2.11. The Bertz CT molecular complexity index is 559. The topological polar surface area (TPSA) is 66.8 Å². The lowest BCUT2D eigenvalue weighted by atomic mass is 9.95. The van der Waals surface area contributed by atoms with Gasteiger partial charge in [0.15, 0.2) is 0 Å². The number of carbonyl (C=O) groups is 1. The second-order valence-electron chi connectivity index (χ2n) is 4.98. The Morgan fingerprint density at radius 1 is 1.47 bits per heavy atom. The number of aromatic nitrogens is 4. The molecule has 0 saturated carbocycles. The number of carbonyl (C=O) groups excluding carboxylic acids is 1. The molecule has 1 unspecified atom stereocenters. The number of piperidine rings is 1. The Morgan fingerprint density at radius 3 is 3.05 bits per heavy atom. The number of aryl methyl sites for hydroxylation is 1. The van der Waals surface area contributed by atoms with Gasteiger partial charge in [-0.05, 0) is 25.0 Å². The van der Waals surface area contributed by atoms with E-state index in [1.165, 1.54) is 0 Å². The predicted molar refractivity (Wildman–Crippen MR) is 69.7 cm³/mol. The fraction of sp³-hybridized carbons (Fsp3) is 0.462. The predicted octanol–water partition coefficient (Wildman–Crippen LogP) is 1.16. The molecule has 1 saturated heterocycles. The van der Waals surface area contributed by atoms with Crippen LogP contribution in [0.25, 0.3) is 0 Å². The van der Waals surface area contributed by atoms with Crippen LogP contribution in [0, 0.1) is 0 Å². The number of rotatable bonds is 2. The molecule has 0 bridgehead atoms. The standard InChI is InChI=1S/C13H17N5O/c1-17-8-5-12(16-17)13(19)18-7-2-3-10(9-18)11-4-6-14-15-11/h4-6,8,10H,2-3,7,9H2,1H3,(H,14,15). The maximum atomic E-state index is 12.4. The van der Waals surface area contributed by atoms with Gasteiger partial charge in [-0.3, -0.25) is 14.6 Å². The monoisotopic (exact) mass is 259 g/mol. The van der Waals surface area contributed by atoms with Gasteiger partial charge in [0.2, 0.25) is 0 Å². The molecule has 0 aliphatic carbocycles. The summed E-state index contributed by atoms with van der Waals surface area (Å²) >= 11 is 0. The lowest BCUT2D eigenvalue weighted by molar-refractivity contribution is 0.0699. The van der Waals surface area contributed by atoms with Crippen molar-refractivity contribution in [2.45, 2.75) is 18.8 Å². The lowest BCUT2D eigenvalue weighted by Crippen LogP contribution is -2.39. The van der Waals surface area contributed by atoms with E-state index in [4.69, 9.17) is 0 Å². The van der Waals surface area contributed by atoms with E-state index in [0.717, 1.165) is 31.6 Å². The number of nitrogens with zero attached hydrogens (tertiary/aromatic N) is 4. The van der Waals surface area contributed by atoms with E-state index in [-0.39, 0.29) is 5.91 Å². The van der Waals surface area contributed by atoms with E-state index in [2.05, 4.69) is 15.3 Å². The van der Waals surface area contributed by atoms with Crippen LogP contribution in [0.1, 0.15) is 34.9 Å². The maximum absolute atomic E-state index is 12.4. The van der Waals surface area contributed by atoms with Crippen molar-refractivity contribution in [3.8, 4) is 0 Å². The van der Waals surface area contributed by atoms with E-state index in [0.29, 0.717) is 11.6 Å². The number of hydrogen-bond donors (Lipinski definition) is 1. The molecule has 1 aliphatic rings. The summed E-state index contributed by atoms with van der Waals surface area (Å²) in [5.41, 5.74) is 1.63. The first kappa shape index (κ1) is 12.0. The average molecular weight is 259 g/mol. The molecule has 2 aromatic heterocycles. The van der Waals surface area contributed by atoms with Gasteiger partial charge in [0.05, 0.1) is 0 Å². The van der Waals surface area contributed by atoms with Gasteiger partial charge in [-0.1, -0.05) is 0 Å². The first-order chi connectivity index (χ1) is 9.24. The normalized spacial score (nSPS) is 19.6. The fourth-order valence-corrected chi connectivity index (χ4v) is 2.60. The Morgan fingerprint density at radius 2 is 2.37 bits per heavy atom. The van der Waals surface area contributed by atoms with Crippen LogP contribution in [-0.2, 0) is 7.05 Å². The Labute approximate surface area is 111 Å². The first-order valence-electron chi connectivity index (χ1n) is 6.52. The van der Waals surface area contributed by atoms with Crippen LogP contribution in [0.2, 0.25) is 0 Å². The second-order valence-corrected chi connectivity index (χ2v) is 4.98. The van der Waals surface area contributed by atoms with Gasteiger partial charge in [-0.2, -0.15) is 10.2 Å². The minimum Gasteiger partial charge on any atom is -0.337 e. The third-order valence-electron chi connectivity index (χ3n) is 3.60. The summed E-state index contributed by atoms with van der Waals surface area (Å²) in [5, 5.41) is 11.2. The highest BCUT2D eigenvalue weighted by molar-refractivity contribution is 5.92. The zero-order valence-corrected chi connectivity index (χ0v) is 10.9. The lowest BCUT2D eigenvalue weighted by Gasteiger charge is -2.31. The van der Waals surface area contributed by atoms with E-state index in [1.807, 2.05) is 18.0 Å². The van der Waals surface area contributed by atoms with Crippen LogP contribution in [0.5, 0.6) is 0 Å². The SMILES string of the molecule is Cn1ccc(C(=O)N2CCCC(c3ccn[nH]3)C2)n1. The third-order valence-corrected chi connectivity index (χ3v) is 3.60. The molecule has 1 amide bonds. The third kappa shape index (κ3) is 2.38. The Kier molecular flexibility index (Phi) is 3.06. The van der Waals surface area contributed by atoms with E-state index >= 15 is 0 Å². The molecule has 1 atom stereocenters. The quantitative estimate of drug-likeness (QED) is 0.880. The molecular formula is C13H17N5O. The van der Waals surface area contributed by atoms with Crippen molar-refractivity contribution in [3.63, 3.8) is 0 Å². The summed E-state index contributed by atoms with van der Waals surface area (Å²) in [5.74, 6) is 0.369. The molecule has 6 nitrogen and oxygen atoms in total. The van der Waals surface area contributed by atoms with Gasteiger partial charge in [0.1, 0.15) is 5.69 Å². The molecule has 19 heavy (non-hydrogen) atoms. The highest BCUT2D eigenvalue weighted by Crippen LogP contribution is 2.25. The van der Waals surface area contributed by atoms with Gasteiger partial charge in [0, 0.05) is 44.1 Å². The van der Waals surface area contributed by atoms with Crippen molar-refractivity contribution in [2.24, 2.45) is 7.05 Å². The molecule has 0 aromatic carbocycles. The number of hydrogen-bond acceptors (Lipinski definition) is 3. The molecule has 1 N–H and O–H groups in total. The highest BCUT2D eigenvalue weighted by atomic mass is 16.2. The van der Waals surface area contributed by atoms with Gasteiger partial charge >= 0.3 is 0 Å². The van der Waals surface area contributed by atoms with Crippen LogP contribution in [0.4, 0.5) is 0 Å². The summed E-state index contributed by atoms with van der Waals surface area (Å²) in [7, 11) is 1.82. The van der Waals surface area contributed by atoms with Gasteiger partial charge in [-0.15, -0.1) is 0 Å². The Balaban J connectivity index is 1.73. The van der Waals surface area contributed by atoms with Crippen LogP contribution in [0.3, 0.4) is 0 Å². The highest BCUT2D eigenvalue weighted by Gasteiger charge is 2.27. The minimum atomic E-state index is 0.0183. The molecule has 0 spiro atoms. The molecule has 1 aliphatic heterocycles. The molecule has 0 radical (unpaired) electrons. The van der Waals surface area contributed by atoms with Crippen molar-refractivity contribution >= 4 is 5.91 Å². The summed E-state index contributed by atoms with van der Waals surface area (Å²) < 4.78 is 1.66. The van der Waals surface area contributed by atoms with Crippen molar-refractivity contribution in [2.75, 3.05) is 13.1 Å². The van der Waals surface area contributed by atoms with E-state index < -0.39 is 0 Å². The second kappa shape index (κ2) is 4.87. The van der Waals surface area contributed by atoms with E-state index in [1.54, 1.807) is 23.1 Å². The number of likely N-dealkylation sites (tertiary alicyclic amines) is 1. The summed E-state index contributed by atoms with van der Waals surface area (Å²) in [6.45, 7) is 1.54. The molecule has 3 rings (SSSR count). The number of aromatic amines is 1. The van der Waals surface area contributed by atoms with Crippen molar-refractivity contribution < 1.29 is 4.79 Å². The van der Waals surface area contributed by atoms with E-state index in [9.17, 15) is 4.79 Å². The average Bonchev–Trinajstić information content (AvgIpc) is 3.09. The zero-order chi connectivity index (χ0) is 13.2. The number of nitrogens with one attached hydrogen (secondary N) is 1. The minimum absolute atomic E-state index is 0.0183. The van der Waals surface area contributed by atoms with Crippen LogP contribution < -0.4 is 0 Å². The molecule has 3 heterocycles. The van der Waals surface area contributed by atoms with Crippen molar-refractivity contribution in [1.82, 2.24) is 24.9 Å². The summed E-state index contributed by atoms with van der Waals surface area (Å²) in [4.78, 5) is 14.2. The molecular weight excluding hydrogens is 242 g/mol. The summed E-state index contributed by atoms with van der Waals surface area (Å²) in [6, 6.07) is 3.75. The van der Waals surface area contributed by atoms with Crippen molar-refractivity contribution in [3.05, 3.63) is 35.9 Å². The fourth-order valence-electron chi connectivity index (χ4n) is 2.60. The number of H-pyrrole nitrogens is 1. The van der Waals surface area contributed by atoms with Crippen LogP contribution in [-0.4, -0.2) is 43.9 Å². The molecule has 100 valence electrons. The summed E-state index contributed by atoms with van der Waals surface area (Å²) in [6.07, 6.45) is 5.66. The van der Waals surface area contributed by atoms with Gasteiger partial charge in [0.25, 0.3) is 5.91 Å². The smallest absolute Gasteiger partial charge is 0.274 e. The molecule has 1 fully saturated rings. The van der Waals surface area contributed by atoms with Crippen molar-refractivity contribution in [1.29, 1.82) is 0 Å². The van der Waals surface area contributed by atoms with Crippen LogP contribution in [0.15, 0.2) is 24.5 Å². The zero-order valence-electron chi connectivity index (χ0n) is 10.9. The van der Waals surface area contributed by atoms with Gasteiger partial charge in [-0.25, -0.2) is 0 Å². The van der Waals surface area contributed by atoms with Crippen LogP contribution >= 0.6 is 0 Å².